The van der Waals surface area contributed by atoms with Crippen LogP contribution in [0.25, 0.3) is 0 Å². The van der Waals surface area contributed by atoms with Crippen LogP contribution in [0, 0.1) is 5.41 Å². The van der Waals surface area contributed by atoms with Crippen molar-refractivity contribution in [1.29, 1.82) is 0 Å². The van der Waals surface area contributed by atoms with E-state index in [0.29, 0.717) is 0 Å². The Kier molecular flexibility index (Phi) is 3.53. The molecule has 12 heavy (non-hydrogen) atoms. The summed E-state index contributed by atoms with van der Waals surface area (Å²) in [5, 5.41) is 18.4. The maximum absolute atomic E-state index is 9.57. The van der Waals surface area contributed by atoms with E-state index in [-0.39, 0.29) is 18.1 Å². The maximum atomic E-state index is 9.57. The second-order valence-corrected chi connectivity index (χ2v) is 4.39. The van der Waals surface area contributed by atoms with Crippen molar-refractivity contribution in [2.45, 2.75) is 51.6 Å². The van der Waals surface area contributed by atoms with Crippen molar-refractivity contribution in [3.8, 4) is 0 Å². The Bertz CT molecular complexity index is 136. The van der Waals surface area contributed by atoms with E-state index in [4.69, 9.17) is 5.11 Å². The SMILES string of the molecule is CC1(CCO)CCCCC(O)C1. The molecule has 1 fully saturated rings. The average molecular weight is 172 g/mol. The van der Waals surface area contributed by atoms with Crippen molar-refractivity contribution >= 4 is 0 Å². The Morgan fingerprint density at radius 2 is 2.17 bits per heavy atom. The minimum absolute atomic E-state index is 0.135. The van der Waals surface area contributed by atoms with Crippen LogP contribution < -0.4 is 0 Å². The van der Waals surface area contributed by atoms with Crippen LogP contribution in [-0.4, -0.2) is 22.9 Å². The van der Waals surface area contributed by atoms with E-state index in [1.54, 1.807) is 0 Å². The van der Waals surface area contributed by atoms with Gasteiger partial charge in [0.05, 0.1) is 6.10 Å². The summed E-state index contributed by atoms with van der Waals surface area (Å²) in [7, 11) is 0. The Balaban J connectivity index is 2.49. The number of rotatable bonds is 2. The fourth-order valence-corrected chi connectivity index (χ4v) is 2.20. The van der Waals surface area contributed by atoms with Crippen molar-refractivity contribution in [2.75, 3.05) is 6.61 Å². The van der Waals surface area contributed by atoms with Crippen LogP contribution in [0.3, 0.4) is 0 Å². The number of hydrogen-bond acceptors (Lipinski definition) is 2. The van der Waals surface area contributed by atoms with Gasteiger partial charge in [-0.1, -0.05) is 19.8 Å². The first kappa shape index (κ1) is 10.0. The highest BCUT2D eigenvalue weighted by Gasteiger charge is 2.28. The lowest BCUT2D eigenvalue weighted by Gasteiger charge is -2.28. The summed E-state index contributed by atoms with van der Waals surface area (Å²) in [6.07, 6.45) is 6.02. The van der Waals surface area contributed by atoms with Gasteiger partial charge in [0.2, 0.25) is 0 Å². The first-order chi connectivity index (χ1) is 5.66. The third kappa shape index (κ3) is 2.76. The largest absolute Gasteiger partial charge is 0.396 e. The fraction of sp³-hybridized carbons (Fsp3) is 1.00. The first-order valence-corrected chi connectivity index (χ1v) is 4.95. The van der Waals surface area contributed by atoms with Gasteiger partial charge in [0.1, 0.15) is 0 Å². The molecule has 0 aliphatic heterocycles. The van der Waals surface area contributed by atoms with Crippen LogP contribution in [0.5, 0.6) is 0 Å². The summed E-state index contributed by atoms with van der Waals surface area (Å²) in [4.78, 5) is 0. The molecule has 0 radical (unpaired) electrons. The normalized spacial score (nSPS) is 37.8. The Labute approximate surface area is 74.6 Å². The number of aliphatic hydroxyl groups excluding tert-OH is 2. The quantitative estimate of drug-likeness (QED) is 0.622. The van der Waals surface area contributed by atoms with Gasteiger partial charge in [0.15, 0.2) is 0 Å². The second kappa shape index (κ2) is 4.24. The molecule has 2 nitrogen and oxygen atoms in total. The number of aliphatic hydroxyl groups is 2. The van der Waals surface area contributed by atoms with Gasteiger partial charge in [0.25, 0.3) is 0 Å². The van der Waals surface area contributed by atoms with Crippen LogP contribution in [0.4, 0.5) is 0 Å². The van der Waals surface area contributed by atoms with Gasteiger partial charge >= 0.3 is 0 Å². The molecule has 0 spiro atoms. The molecule has 0 aromatic rings. The van der Waals surface area contributed by atoms with Gasteiger partial charge in [0, 0.05) is 6.61 Å². The standard InChI is InChI=1S/C10H20O2/c1-10(6-7-11)5-3-2-4-9(12)8-10/h9,11-12H,2-8H2,1H3. The highest BCUT2D eigenvalue weighted by molar-refractivity contribution is 4.80. The molecule has 2 heteroatoms. The summed E-state index contributed by atoms with van der Waals surface area (Å²) in [5.41, 5.74) is 0.185. The molecule has 0 amide bonds. The molecular formula is C10H20O2. The molecular weight excluding hydrogens is 152 g/mol. The van der Waals surface area contributed by atoms with Gasteiger partial charge in [-0.25, -0.2) is 0 Å². The lowest BCUT2D eigenvalue weighted by Crippen LogP contribution is -2.22. The fourth-order valence-electron chi connectivity index (χ4n) is 2.20. The van der Waals surface area contributed by atoms with E-state index in [0.717, 1.165) is 32.1 Å². The summed E-state index contributed by atoms with van der Waals surface area (Å²) >= 11 is 0. The molecule has 1 aliphatic carbocycles. The summed E-state index contributed by atoms with van der Waals surface area (Å²) in [6.45, 7) is 2.43. The van der Waals surface area contributed by atoms with E-state index in [9.17, 15) is 5.11 Å². The zero-order valence-corrected chi connectivity index (χ0v) is 7.92. The predicted octanol–water partition coefficient (Wildman–Crippen LogP) is 1.70. The van der Waals surface area contributed by atoms with E-state index < -0.39 is 0 Å². The third-order valence-corrected chi connectivity index (χ3v) is 3.01. The van der Waals surface area contributed by atoms with Crippen LogP contribution in [0.15, 0.2) is 0 Å². The zero-order valence-electron chi connectivity index (χ0n) is 7.92. The molecule has 1 saturated carbocycles. The van der Waals surface area contributed by atoms with E-state index in [1.807, 2.05) is 0 Å². The number of hydrogen-bond donors (Lipinski definition) is 2. The van der Waals surface area contributed by atoms with Gasteiger partial charge in [-0.15, -0.1) is 0 Å². The Hall–Kier alpha value is -0.0800. The molecule has 2 unspecified atom stereocenters. The van der Waals surface area contributed by atoms with Crippen molar-refractivity contribution < 1.29 is 10.2 Å². The molecule has 1 rings (SSSR count). The van der Waals surface area contributed by atoms with Crippen LogP contribution in [-0.2, 0) is 0 Å². The monoisotopic (exact) mass is 172 g/mol. The molecule has 0 aromatic carbocycles. The highest BCUT2D eigenvalue weighted by Crippen LogP contribution is 2.37. The summed E-state index contributed by atoms with van der Waals surface area (Å²) < 4.78 is 0. The minimum atomic E-state index is -0.135. The van der Waals surface area contributed by atoms with Crippen LogP contribution in [0.2, 0.25) is 0 Å². The lowest BCUT2D eigenvalue weighted by atomic mass is 9.79. The highest BCUT2D eigenvalue weighted by atomic mass is 16.3. The van der Waals surface area contributed by atoms with Crippen molar-refractivity contribution in [3.05, 3.63) is 0 Å². The predicted molar refractivity (Wildman–Crippen MR) is 48.9 cm³/mol. The molecule has 2 atom stereocenters. The third-order valence-electron chi connectivity index (χ3n) is 3.01. The zero-order chi connectivity index (χ0) is 9.03. The van der Waals surface area contributed by atoms with Gasteiger partial charge in [-0.2, -0.15) is 0 Å². The molecule has 0 saturated heterocycles. The molecule has 72 valence electrons. The topological polar surface area (TPSA) is 40.5 Å². The van der Waals surface area contributed by atoms with Gasteiger partial charge in [-0.3, -0.25) is 0 Å². The summed E-state index contributed by atoms with van der Waals surface area (Å²) in [6, 6.07) is 0. The smallest absolute Gasteiger partial charge is 0.0545 e. The molecule has 0 aromatic heterocycles. The van der Waals surface area contributed by atoms with Crippen LogP contribution in [0.1, 0.15) is 45.4 Å². The molecule has 1 aliphatic rings. The van der Waals surface area contributed by atoms with Crippen molar-refractivity contribution in [3.63, 3.8) is 0 Å². The molecule has 2 N–H and O–H groups in total. The van der Waals surface area contributed by atoms with Crippen LogP contribution >= 0.6 is 0 Å². The van der Waals surface area contributed by atoms with Crippen molar-refractivity contribution in [2.24, 2.45) is 5.41 Å². The van der Waals surface area contributed by atoms with Gasteiger partial charge in [-0.05, 0) is 31.1 Å². The molecule has 0 heterocycles. The Morgan fingerprint density at radius 3 is 2.83 bits per heavy atom. The average Bonchev–Trinajstić information content (AvgIpc) is 2.12. The van der Waals surface area contributed by atoms with E-state index in [1.165, 1.54) is 6.42 Å². The van der Waals surface area contributed by atoms with E-state index in [2.05, 4.69) is 6.92 Å². The van der Waals surface area contributed by atoms with Crippen molar-refractivity contribution in [1.82, 2.24) is 0 Å². The van der Waals surface area contributed by atoms with Gasteiger partial charge < -0.3 is 10.2 Å². The minimum Gasteiger partial charge on any atom is -0.396 e. The first-order valence-electron chi connectivity index (χ1n) is 4.95. The lowest BCUT2D eigenvalue weighted by molar-refractivity contribution is 0.0909. The maximum Gasteiger partial charge on any atom is 0.0545 e. The van der Waals surface area contributed by atoms with E-state index >= 15 is 0 Å². The molecule has 0 bridgehead atoms. The Morgan fingerprint density at radius 1 is 1.42 bits per heavy atom. The summed E-state index contributed by atoms with van der Waals surface area (Å²) in [5.74, 6) is 0. The second-order valence-electron chi connectivity index (χ2n) is 4.39.